The molecule has 114 valence electrons. The molecule has 0 saturated carbocycles. The van der Waals surface area contributed by atoms with Crippen LogP contribution >= 0.6 is 0 Å². The monoisotopic (exact) mass is 279 g/mol. The van der Waals surface area contributed by atoms with Crippen LogP contribution in [0.4, 0.5) is 5.69 Å². The third-order valence-corrected chi connectivity index (χ3v) is 3.43. The second-order valence-corrected chi connectivity index (χ2v) is 5.57. The summed E-state index contributed by atoms with van der Waals surface area (Å²) in [4.78, 5) is 11.3. The highest BCUT2D eigenvalue weighted by Gasteiger charge is 2.14. The Balaban J connectivity index is 2.98. The van der Waals surface area contributed by atoms with Crippen LogP contribution in [-0.4, -0.2) is 28.2 Å². The van der Waals surface area contributed by atoms with Crippen molar-refractivity contribution in [1.82, 2.24) is 9.97 Å². The molecule has 4 nitrogen and oxygen atoms in total. The molecule has 0 aliphatic carbocycles. The Kier molecular flexibility index (Phi) is 7.52. The summed E-state index contributed by atoms with van der Waals surface area (Å²) in [5.74, 6) is 1.10. The van der Waals surface area contributed by atoms with E-state index in [-0.39, 0.29) is 12.5 Å². The number of aromatic nitrogens is 2. The van der Waals surface area contributed by atoms with Crippen LogP contribution < -0.4 is 4.90 Å². The maximum Gasteiger partial charge on any atom is 0.131 e. The fourth-order valence-electron chi connectivity index (χ4n) is 2.14. The van der Waals surface area contributed by atoms with Gasteiger partial charge in [0.15, 0.2) is 0 Å². The molecule has 1 aromatic heterocycles. The van der Waals surface area contributed by atoms with Crippen molar-refractivity contribution in [3.8, 4) is 0 Å². The average Bonchev–Trinajstić information content (AvgIpc) is 2.47. The van der Waals surface area contributed by atoms with Crippen LogP contribution in [0.3, 0.4) is 0 Å². The lowest BCUT2D eigenvalue weighted by molar-refractivity contribution is 0.276. The Morgan fingerprint density at radius 2 is 1.75 bits per heavy atom. The molecule has 0 atom stereocenters. The van der Waals surface area contributed by atoms with E-state index in [0.717, 1.165) is 43.1 Å². The Morgan fingerprint density at radius 1 is 1.15 bits per heavy atom. The summed E-state index contributed by atoms with van der Waals surface area (Å²) < 4.78 is 0. The van der Waals surface area contributed by atoms with Gasteiger partial charge in [0.25, 0.3) is 0 Å². The van der Waals surface area contributed by atoms with Gasteiger partial charge in [0.2, 0.25) is 0 Å². The third-order valence-electron chi connectivity index (χ3n) is 3.43. The number of hydrogen-bond donors (Lipinski definition) is 1. The van der Waals surface area contributed by atoms with Crippen LogP contribution in [0.2, 0.25) is 0 Å². The molecule has 0 fully saturated rings. The van der Waals surface area contributed by atoms with Crippen molar-refractivity contribution in [2.24, 2.45) is 0 Å². The Morgan fingerprint density at radius 3 is 2.20 bits per heavy atom. The van der Waals surface area contributed by atoms with Gasteiger partial charge < -0.3 is 10.0 Å². The minimum absolute atomic E-state index is 0.0215. The maximum absolute atomic E-state index is 9.61. The van der Waals surface area contributed by atoms with Gasteiger partial charge in [-0.1, -0.05) is 40.5 Å². The Labute approximate surface area is 123 Å². The van der Waals surface area contributed by atoms with E-state index < -0.39 is 0 Å². The minimum Gasteiger partial charge on any atom is -0.390 e. The number of unbranched alkanes of at least 4 members (excludes halogenated alkanes) is 2. The molecule has 1 heterocycles. The Hall–Kier alpha value is -1.16. The largest absolute Gasteiger partial charge is 0.390 e. The zero-order chi connectivity index (χ0) is 15.0. The van der Waals surface area contributed by atoms with Gasteiger partial charge >= 0.3 is 0 Å². The van der Waals surface area contributed by atoms with Crippen molar-refractivity contribution in [1.29, 1.82) is 0 Å². The quantitative estimate of drug-likeness (QED) is 0.751. The van der Waals surface area contributed by atoms with Crippen molar-refractivity contribution in [2.75, 3.05) is 18.0 Å². The predicted molar refractivity (Wildman–Crippen MR) is 84.1 cm³/mol. The predicted octanol–water partition coefficient (Wildman–Crippen LogP) is 3.50. The zero-order valence-electron chi connectivity index (χ0n) is 13.4. The molecule has 0 aliphatic rings. The first-order valence-electron chi connectivity index (χ1n) is 7.85. The lowest BCUT2D eigenvalue weighted by atomic mass is 10.2. The lowest BCUT2D eigenvalue weighted by Gasteiger charge is -2.26. The normalized spacial score (nSPS) is 11.1. The van der Waals surface area contributed by atoms with Crippen molar-refractivity contribution in [3.05, 3.63) is 17.7 Å². The van der Waals surface area contributed by atoms with Crippen LogP contribution in [0, 0.1) is 0 Å². The van der Waals surface area contributed by atoms with E-state index in [0.29, 0.717) is 0 Å². The van der Waals surface area contributed by atoms with Gasteiger partial charge in [-0.3, -0.25) is 0 Å². The molecule has 4 heteroatoms. The summed E-state index contributed by atoms with van der Waals surface area (Å²) in [5, 5.41) is 9.61. The van der Waals surface area contributed by atoms with Crippen LogP contribution in [0.15, 0.2) is 6.20 Å². The highest BCUT2D eigenvalue weighted by Crippen LogP contribution is 2.21. The molecular formula is C16H29N3O. The number of aliphatic hydroxyl groups excluding tert-OH is 1. The highest BCUT2D eigenvalue weighted by molar-refractivity contribution is 5.49. The van der Waals surface area contributed by atoms with E-state index in [1.165, 1.54) is 12.8 Å². The van der Waals surface area contributed by atoms with Crippen molar-refractivity contribution in [3.63, 3.8) is 0 Å². The standard InChI is InChI=1S/C16H29N3O/c1-5-7-9-19(10-8-6-2)15-11-17-16(13(3)4)18-14(15)12-20/h11,13,20H,5-10,12H2,1-4H3. The van der Waals surface area contributed by atoms with Crippen molar-refractivity contribution >= 4 is 5.69 Å². The molecule has 1 aromatic rings. The van der Waals surface area contributed by atoms with Crippen LogP contribution in [0.25, 0.3) is 0 Å². The van der Waals surface area contributed by atoms with Crippen LogP contribution in [0.5, 0.6) is 0 Å². The summed E-state index contributed by atoms with van der Waals surface area (Å²) in [6.45, 7) is 10.5. The van der Waals surface area contributed by atoms with E-state index in [2.05, 4.69) is 42.6 Å². The Bertz CT molecular complexity index is 385. The molecular weight excluding hydrogens is 250 g/mol. The molecule has 0 amide bonds. The zero-order valence-corrected chi connectivity index (χ0v) is 13.4. The van der Waals surface area contributed by atoms with Crippen LogP contribution in [-0.2, 0) is 6.61 Å². The summed E-state index contributed by atoms with van der Waals surface area (Å²) in [6.07, 6.45) is 6.53. The van der Waals surface area contributed by atoms with Gasteiger partial charge in [-0.25, -0.2) is 9.97 Å². The number of aliphatic hydroxyl groups is 1. The highest BCUT2D eigenvalue weighted by atomic mass is 16.3. The summed E-state index contributed by atoms with van der Waals surface area (Å²) >= 11 is 0. The fraction of sp³-hybridized carbons (Fsp3) is 0.750. The second-order valence-electron chi connectivity index (χ2n) is 5.57. The summed E-state index contributed by atoms with van der Waals surface area (Å²) in [6, 6.07) is 0. The number of hydrogen-bond acceptors (Lipinski definition) is 4. The van der Waals surface area contributed by atoms with E-state index in [1.807, 2.05) is 6.20 Å². The van der Waals surface area contributed by atoms with E-state index in [9.17, 15) is 5.11 Å². The molecule has 20 heavy (non-hydrogen) atoms. The maximum atomic E-state index is 9.61. The van der Waals surface area contributed by atoms with E-state index >= 15 is 0 Å². The van der Waals surface area contributed by atoms with Gasteiger partial charge in [-0.15, -0.1) is 0 Å². The third kappa shape index (κ3) is 4.75. The molecule has 0 bridgehead atoms. The summed E-state index contributed by atoms with van der Waals surface area (Å²) in [5.41, 5.74) is 1.76. The summed E-state index contributed by atoms with van der Waals surface area (Å²) in [7, 11) is 0. The first kappa shape index (κ1) is 16.9. The molecule has 0 aromatic carbocycles. The first-order chi connectivity index (χ1) is 9.63. The smallest absolute Gasteiger partial charge is 0.131 e. The topological polar surface area (TPSA) is 49.2 Å². The number of anilines is 1. The molecule has 0 radical (unpaired) electrons. The molecule has 0 spiro atoms. The average molecular weight is 279 g/mol. The molecule has 1 rings (SSSR count). The SMILES string of the molecule is CCCCN(CCCC)c1cnc(C(C)C)nc1CO. The van der Waals surface area contributed by atoms with Gasteiger partial charge in [0.1, 0.15) is 5.82 Å². The van der Waals surface area contributed by atoms with E-state index in [1.54, 1.807) is 0 Å². The molecule has 0 saturated heterocycles. The molecule has 0 unspecified atom stereocenters. The van der Waals surface area contributed by atoms with Crippen molar-refractivity contribution < 1.29 is 5.11 Å². The number of rotatable bonds is 9. The van der Waals surface area contributed by atoms with Gasteiger partial charge in [-0.2, -0.15) is 0 Å². The van der Waals surface area contributed by atoms with Crippen LogP contribution in [0.1, 0.15) is 70.8 Å². The minimum atomic E-state index is -0.0215. The fourth-order valence-corrected chi connectivity index (χ4v) is 2.14. The molecule has 0 aliphatic heterocycles. The van der Waals surface area contributed by atoms with Gasteiger partial charge in [0.05, 0.1) is 24.2 Å². The van der Waals surface area contributed by atoms with Gasteiger partial charge in [0, 0.05) is 19.0 Å². The van der Waals surface area contributed by atoms with Crippen molar-refractivity contribution in [2.45, 2.75) is 65.9 Å². The molecule has 1 N–H and O–H groups in total. The lowest BCUT2D eigenvalue weighted by Crippen LogP contribution is -2.27. The van der Waals surface area contributed by atoms with Gasteiger partial charge in [-0.05, 0) is 12.8 Å². The van der Waals surface area contributed by atoms with E-state index in [4.69, 9.17) is 0 Å². The second kappa shape index (κ2) is 8.90. The first-order valence-corrected chi connectivity index (χ1v) is 7.85. The number of nitrogens with zero attached hydrogens (tertiary/aromatic N) is 3.